The Labute approximate surface area is 153 Å². The molecule has 138 valence electrons. The molecule has 1 atom stereocenters. The average Bonchev–Trinajstić information content (AvgIpc) is 3.02. The normalized spacial score (nSPS) is 16.0. The van der Waals surface area contributed by atoms with Gasteiger partial charge in [0.15, 0.2) is 9.84 Å². The summed E-state index contributed by atoms with van der Waals surface area (Å²) in [5.41, 5.74) is 2.87. The van der Waals surface area contributed by atoms with Gasteiger partial charge in [0.1, 0.15) is 18.5 Å². The lowest BCUT2D eigenvalue weighted by Crippen LogP contribution is -2.36. The summed E-state index contributed by atoms with van der Waals surface area (Å²) >= 11 is 0. The molecule has 1 heterocycles. The van der Waals surface area contributed by atoms with Crippen molar-refractivity contribution < 1.29 is 22.7 Å². The van der Waals surface area contributed by atoms with E-state index in [2.05, 4.69) is 5.32 Å². The maximum Gasteiger partial charge on any atom is 0.246 e. The van der Waals surface area contributed by atoms with Gasteiger partial charge in [-0.05, 0) is 23.3 Å². The van der Waals surface area contributed by atoms with Gasteiger partial charge in [-0.25, -0.2) is 8.42 Å². The zero-order valence-electron chi connectivity index (χ0n) is 14.7. The summed E-state index contributed by atoms with van der Waals surface area (Å²) in [6.45, 7) is 0.431. The van der Waals surface area contributed by atoms with Gasteiger partial charge in [-0.1, -0.05) is 30.3 Å². The molecule has 0 fully saturated rings. The van der Waals surface area contributed by atoms with Gasteiger partial charge in [-0.15, -0.1) is 0 Å². The average molecular weight is 375 g/mol. The van der Waals surface area contributed by atoms with Crippen LogP contribution in [0.4, 0.5) is 0 Å². The Morgan fingerprint density at radius 1 is 1.23 bits per heavy atom. The summed E-state index contributed by atoms with van der Waals surface area (Å²) in [6, 6.07) is 12.7. The van der Waals surface area contributed by atoms with E-state index in [1.165, 1.54) is 13.4 Å². The van der Waals surface area contributed by atoms with Crippen LogP contribution in [0.25, 0.3) is 11.1 Å². The summed E-state index contributed by atoms with van der Waals surface area (Å²) in [6.07, 6.45) is 1.76. The third kappa shape index (κ3) is 4.05. The minimum atomic E-state index is -3.22. The van der Waals surface area contributed by atoms with Crippen LogP contribution in [0.5, 0.6) is 5.75 Å². The summed E-state index contributed by atoms with van der Waals surface area (Å²) in [7, 11) is -1.75. The molecule has 1 aliphatic rings. The second-order valence-electron chi connectivity index (χ2n) is 6.27. The molecular formula is C19H21NO5S. The largest absolute Gasteiger partial charge is 0.487 e. The number of carbonyl (C=O) groups is 1. The summed E-state index contributed by atoms with van der Waals surface area (Å²) < 4.78 is 34.1. The number of ether oxygens (including phenoxy) is 2. The number of hydrogen-bond donors (Lipinski definition) is 1. The number of hydrogen-bond acceptors (Lipinski definition) is 5. The molecular weight excluding hydrogens is 354 g/mol. The Kier molecular flexibility index (Phi) is 5.29. The van der Waals surface area contributed by atoms with Crippen molar-refractivity contribution in [2.75, 3.05) is 26.5 Å². The Morgan fingerprint density at radius 2 is 1.96 bits per heavy atom. The van der Waals surface area contributed by atoms with E-state index in [-0.39, 0.29) is 23.5 Å². The molecule has 0 aliphatic carbocycles. The molecule has 0 saturated carbocycles. The standard InChI is InChI=1S/C19H21NO5S/c1-24-12-18(21)20-11-15-10-14-4-3-5-17(19(14)25-15)13-6-8-16(9-7-13)26(2,22)23/h3-9,15H,10-12H2,1-2H3,(H,20,21)/t15-/m0/s1. The van der Waals surface area contributed by atoms with E-state index in [4.69, 9.17) is 9.47 Å². The lowest BCUT2D eigenvalue weighted by molar-refractivity contribution is -0.125. The number of methoxy groups -OCH3 is 1. The molecule has 1 N–H and O–H groups in total. The Bertz CT molecular complexity index is 906. The SMILES string of the molecule is COCC(=O)NC[C@@H]1Cc2cccc(-c3ccc(S(C)(=O)=O)cc3)c2O1. The quantitative estimate of drug-likeness (QED) is 0.833. The van der Waals surface area contributed by atoms with E-state index in [9.17, 15) is 13.2 Å². The predicted octanol–water partition coefficient (Wildman–Crippen LogP) is 1.82. The molecule has 0 radical (unpaired) electrons. The van der Waals surface area contributed by atoms with Gasteiger partial charge in [0.25, 0.3) is 0 Å². The predicted molar refractivity (Wildman–Crippen MR) is 98.0 cm³/mol. The Hall–Kier alpha value is -2.38. The van der Waals surface area contributed by atoms with Crippen LogP contribution in [0.15, 0.2) is 47.4 Å². The van der Waals surface area contributed by atoms with Crippen LogP contribution in [0.2, 0.25) is 0 Å². The highest BCUT2D eigenvalue weighted by Gasteiger charge is 2.26. The highest BCUT2D eigenvalue weighted by atomic mass is 32.2. The molecule has 0 aromatic heterocycles. The molecule has 0 bridgehead atoms. The van der Waals surface area contributed by atoms with Crippen molar-refractivity contribution in [3.63, 3.8) is 0 Å². The number of benzene rings is 2. The Balaban J connectivity index is 1.77. The molecule has 1 amide bonds. The third-order valence-electron chi connectivity index (χ3n) is 4.22. The van der Waals surface area contributed by atoms with Gasteiger partial charge in [0.05, 0.1) is 11.4 Å². The van der Waals surface area contributed by atoms with Gasteiger partial charge in [-0.2, -0.15) is 0 Å². The monoisotopic (exact) mass is 375 g/mol. The zero-order chi connectivity index (χ0) is 18.7. The topological polar surface area (TPSA) is 81.7 Å². The van der Waals surface area contributed by atoms with E-state index >= 15 is 0 Å². The second kappa shape index (κ2) is 7.47. The number of nitrogens with one attached hydrogen (secondary N) is 1. The fraction of sp³-hybridized carbons (Fsp3) is 0.316. The van der Waals surface area contributed by atoms with Crippen LogP contribution in [0, 0.1) is 0 Å². The van der Waals surface area contributed by atoms with Crippen molar-refractivity contribution >= 4 is 15.7 Å². The van der Waals surface area contributed by atoms with E-state index in [0.29, 0.717) is 13.0 Å². The summed E-state index contributed by atoms with van der Waals surface area (Å²) in [5, 5.41) is 2.79. The van der Waals surface area contributed by atoms with Crippen LogP contribution >= 0.6 is 0 Å². The van der Waals surface area contributed by atoms with Gasteiger partial charge in [0.2, 0.25) is 5.91 Å². The number of rotatable bonds is 6. The van der Waals surface area contributed by atoms with Gasteiger partial charge in [0, 0.05) is 25.3 Å². The molecule has 0 spiro atoms. The van der Waals surface area contributed by atoms with Crippen LogP contribution in [-0.2, 0) is 25.8 Å². The first-order valence-corrected chi connectivity index (χ1v) is 10.1. The van der Waals surface area contributed by atoms with Crippen molar-refractivity contribution in [3.05, 3.63) is 48.0 Å². The van der Waals surface area contributed by atoms with Gasteiger partial charge < -0.3 is 14.8 Å². The number of para-hydroxylation sites is 1. The van der Waals surface area contributed by atoms with Crippen molar-refractivity contribution in [3.8, 4) is 16.9 Å². The number of carbonyl (C=O) groups excluding carboxylic acids is 1. The molecule has 3 rings (SSSR count). The first-order valence-electron chi connectivity index (χ1n) is 8.23. The maximum atomic E-state index is 11.6. The molecule has 0 saturated heterocycles. The first-order chi connectivity index (χ1) is 12.4. The van der Waals surface area contributed by atoms with Crippen LogP contribution in [0.3, 0.4) is 0 Å². The number of fused-ring (bicyclic) bond motifs is 1. The fourth-order valence-electron chi connectivity index (χ4n) is 2.97. The highest BCUT2D eigenvalue weighted by molar-refractivity contribution is 7.90. The highest BCUT2D eigenvalue weighted by Crippen LogP contribution is 2.38. The zero-order valence-corrected chi connectivity index (χ0v) is 15.5. The van der Waals surface area contributed by atoms with Crippen molar-refractivity contribution in [1.82, 2.24) is 5.32 Å². The van der Waals surface area contributed by atoms with Crippen molar-refractivity contribution in [1.29, 1.82) is 0 Å². The van der Waals surface area contributed by atoms with Gasteiger partial charge >= 0.3 is 0 Å². The second-order valence-corrected chi connectivity index (χ2v) is 8.29. The minimum Gasteiger partial charge on any atom is -0.487 e. The molecule has 6 nitrogen and oxygen atoms in total. The van der Waals surface area contributed by atoms with E-state index in [1.54, 1.807) is 24.3 Å². The molecule has 2 aromatic carbocycles. The molecule has 0 unspecified atom stereocenters. The summed E-state index contributed by atoms with van der Waals surface area (Å²) in [5.74, 6) is 0.606. The fourth-order valence-corrected chi connectivity index (χ4v) is 3.60. The van der Waals surface area contributed by atoms with Crippen LogP contribution in [-0.4, -0.2) is 46.9 Å². The molecule has 1 aliphatic heterocycles. The number of amides is 1. The van der Waals surface area contributed by atoms with Crippen molar-refractivity contribution in [2.24, 2.45) is 0 Å². The summed E-state index contributed by atoms with van der Waals surface area (Å²) in [4.78, 5) is 11.8. The lowest BCUT2D eigenvalue weighted by atomic mass is 10.0. The van der Waals surface area contributed by atoms with Gasteiger partial charge in [-0.3, -0.25) is 4.79 Å². The molecule has 26 heavy (non-hydrogen) atoms. The van der Waals surface area contributed by atoms with E-state index < -0.39 is 9.84 Å². The van der Waals surface area contributed by atoms with Crippen molar-refractivity contribution in [2.45, 2.75) is 17.4 Å². The maximum absolute atomic E-state index is 11.6. The molecule has 2 aromatic rings. The first kappa shape index (κ1) is 18.4. The lowest BCUT2D eigenvalue weighted by Gasteiger charge is -2.13. The minimum absolute atomic E-state index is 0.0254. The smallest absolute Gasteiger partial charge is 0.246 e. The number of sulfone groups is 1. The van der Waals surface area contributed by atoms with Crippen LogP contribution < -0.4 is 10.1 Å². The van der Waals surface area contributed by atoms with E-state index in [0.717, 1.165) is 22.4 Å². The Morgan fingerprint density at radius 3 is 2.62 bits per heavy atom. The third-order valence-corrected chi connectivity index (χ3v) is 5.35. The van der Waals surface area contributed by atoms with E-state index in [1.807, 2.05) is 18.2 Å². The van der Waals surface area contributed by atoms with Crippen LogP contribution in [0.1, 0.15) is 5.56 Å². The molecule has 7 heteroatoms.